The molecule has 1 heterocycles. The van der Waals surface area contributed by atoms with E-state index in [2.05, 4.69) is 26.2 Å². The minimum atomic E-state index is -0.520. The normalized spacial score (nSPS) is 17.6. The second-order valence-corrected chi connectivity index (χ2v) is 8.49. The van der Waals surface area contributed by atoms with Crippen molar-refractivity contribution in [1.29, 1.82) is 0 Å². The van der Waals surface area contributed by atoms with Crippen molar-refractivity contribution in [2.75, 3.05) is 17.3 Å². The van der Waals surface area contributed by atoms with E-state index in [1.165, 1.54) is 16.7 Å². The molecule has 1 aliphatic heterocycles. The van der Waals surface area contributed by atoms with E-state index in [9.17, 15) is 9.59 Å². The standard InChI is InChI=1S/C19H17BrClN3O2S/c1-11-3-6-13(9-15(11)21)23-19(22-2)27-16-10-17(25)24(18(16)26)14-7-4-12(20)5-8-14/h3-9,16H,10H2,1-2H3,(H,22,23)/t16-/m1/s1. The first-order valence-corrected chi connectivity index (χ1v) is 10.2. The molecule has 0 saturated carbocycles. The number of nitrogens with one attached hydrogen (secondary N) is 1. The molecular formula is C19H17BrClN3O2S. The van der Waals surface area contributed by atoms with Gasteiger partial charge in [0.25, 0.3) is 0 Å². The van der Waals surface area contributed by atoms with Crippen LogP contribution in [-0.4, -0.2) is 29.3 Å². The highest BCUT2D eigenvalue weighted by Gasteiger charge is 2.40. The Hall–Kier alpha value is -1.83. The van der Waals surface area contributed by atoms with E-state index in [0.29, 0.717) is 15.9 Å². The highest BCUT2D eigenvalue weighted by Crippen LogP contribution is 2.31. The lowest BCUT2D eigenvalue weighted by molar-refractivity contribution is -0.121. The van der Waals surface area contributed by atoms with Crippen molar-refractivity contribution in [3.8, 4) is 0 Å². The van der Waals surface area contributed by atoms with Gasteiger partial charge in [0.1, 0.15) is 5.25 Å². The number of hydrogen-bond acceptors (Lipinski definition) is 4. The van der Waals surface area contributed by atoms with Gasteiger partial charge >= 0.3 is 0 Å². The summed E-state index contributed by atoms with van der Waals surface area (Å²) in [6.07, 6.45) is 0.134. The number of carbonyl (C=O) groups is 2. The number of thioether (sulfide) groups is 1. The fourth-order valence-electron chi connectivity index (χ4n) is 2.62. The van der Waals surface area contributed by atoms with Crippen LogP contribution in [0.5, 0.6) is 0 Å². The third kappa shape index (κ3) is 4.54. The molecule has 1 atom stereocenters. The first-order chi connectivity index (χ1) is 12.9. The number of anilines is 2. The van der Waals surface area contributed by atoms with Crippen molar-refractivity contribution >= 4 is 67.6 Å². The summed E-state index contributed by atoms with van der Waals surface area (Å²) in [6.45, 7) is 1.93. The van der Waals surface area contributed by atoms with Gasteiger partial charge in [0.2, 0.25) is 11.8 Å². The SMILES string of the molecule is CN=C(Nc1ccc(C)c(Cl)c1)S[C@@H]1CC(=O)N(c2ccc(Br)cc2)C1=O. The smallest absolute Gasteiger partial charge is 0.247 e. The number of hydrogen-bond donors (Lipinski definition) is 1. The van der Waals surface area contributed by atoms with Crippen LogP contribution >= 0.6 is 39.3 Å². The topological polar surface area (TPSA) is 61.8 Å². The molecule has 0 unspecified atom stereocenters. The zero-order valence-electron chi connectivity index (χ0n) is 14.7. The van der Waals surface area contributed by atoms with Crippen molar-refractivity contribution in [1.82, 2.24) is 0 Å². The molecule has 2 aromatic carbocycles. The van der Waals surface area contributed by atoms with Crippen molar-refractivity contribution in [2.24, 2.45) is 4.99 Å². The Morgan fingerprint density at radius 3 is 2.59 bits per heavy atom. The summed E-state index contributed by atoms with van der Waals surface area (Å²) in [5, 5.41) is 3.84. The molecule has 0 aromatic heterocycles. The average Bonchev–Trinajstić information content (AvgIpc) is 2.92. The fraction of sp³-hybridized carbons (Fsp3) is 0.211. The molecule has 27 heavy (non-hydrogen) atoms. The molecular weight excluding hydrogens is 450 g/mol. The predicted octanol–water partition coefficient (Wildman–Crippen LogP) is 4.87. The zero-order valence-corrected chi connectivity index (χ0v) is 17.9. The second-order valence-electron chi connectivity index (χ2n) is 5.97. The number of benzene rings is 2. The number of aryl methyl sites for hydroxylation is 1. The Morgan fingerprint density at radius 1 is 1.26 bits per heavy atom. The third-order valence-electron chi connectivity index (χ3n) is 4.07. The van der Waals surface area contributed by atoms with Gasteiger partial charge in [0, 0.05) is 28.7 Å². The number of nitrogens with zero attached hydrogens (tertiary/aromatic N) is 2. The highest BCUT2D eigenvalue weighted by atomic mass is 79.9. The van der Waals surface area contributed by atoms with E-state index in [1.807, 2.05) is 19.1 Å². The van der Waals surface area contributed by atoms with E-state index in [4.69, 9.17) is 11.6 Å². The molecule has 0 spiro atoms. The molecule has 0 radical (unpaired) electrons. The maximum absolute atomic E-state index is 12.8. The maximum Gasteiger partial charge on any atom is 0.247 e. The van der Waals surface area contributed by atoms with E-state index >= 15 is 0 Å². The van der Waals surface area contributed by atoms with Gasteiger partial charge in [-0.05, 0) is 48.9 Å². The van der Waals surface area contributed by atoms with E-state index in [-0.39, 0.29) is 18.2 Å². The van der Waals surface area contributed by atoms with Crippen LogP contribution in [-0.2, 0) is 9.59 Å². The van der Waals surface area contributed by atoms with Crippen molar-refractivity contribution in [3.63, 3.8) is 0 Å². The summed E-state index contributed by atoms with van der Waals surface area (Å²) in [5.41, 5.74) is 2.33. The molecule has 5 nitrogen and oxygen atoms in total. The van der Waals surface area contributed by atoms with Crippen molar-refractivity contribution < 1.29 is 9.59 Å². The van der Waals surface area contributed by atoms with Crippen LogP contribution in [0, 0.1) is 6.92 Å². The van der Waals surface area contributed by atoms with Crippen LogP contribution < -0.4 is 10.2 Å². The predicted molar refractivity (Wildman–Crippen MR) is 116 cm³/mol. The van der Waals surface area contributed by atoms with Gasteiger partial charge in [0.05, 0.1) is 5.69 Å². The van der Waals surface area contributed by atoms with Crippen LogP contribution in [0.2, 0.25) is 5.02 Å². The molecule has 1 N–H and O–H groups in total. The minimum Gasteiger partial charge on any atom is -0.335 e. The molecule has 0 bridgehead atoms. The first-order valence-electron chi connectivity index (χ1n) is 8.18. The Labute approximate surface area is 175 Å². The fourth-order valence-corrected chi connectivity index (χ4v) is 4.05. The molecule has 140 valence electrons. The second kappa shape index (κ2) is 8.46. The number of amides is 2. The Bertz CT molecular complexity index is 918. The molecule has 3 rings (SSSR count). The van der Waals surface area contributed by atoms with Crippen molar-refractivity contribution in [3.05, 3.63) is 57.5 Å². The van der Waals surface area contributed by atoms with Crippen LogP contribution in [0.25, 0.3) is 0 Å². The van der Waals surface area contributed by atoms with Gasteiger partial charge in [-0.3, -0.25) is 14.6 Å². The molecule has 1 aliphatic rings. The Kier molecular flexibility index (Phi) is 6.24. The molecule has 2 amide bonds. The van der Waals surface area contributed by atoms with Gasteiger partial charge in [-0.2, -0.15) is 0 Å². The lowest BCUT2D eigenvalue weighted by atomic mass is 10.2. The van der Waals surface area contributed by atoms with Crippen LogP contribution in [0.15, 0.2) is 51.9 Å². The van der Waals surface area contributed by atoms with E-state index < -0.39 is 5.25 Å². The van der Waals surface area contributed by atoms with Gasteiger partial charge < -0.3 is 5.32 Å². The summed E-state index contributed by atoms with van der Waals surface area (Å²) in [5.74, 6) is -0.453. The first kappa shape index (κ1) is 19.9. The van der Waals surface area contributed by atoms with Crippen molar-refractivity contribution in [2.45, 2.75) is 18.6 Å². The van der Waals surface area contributed by atoms with Crippen LogP contribution in [0.3, 0.4) is 0 Å². The Morgan fingerprint density at radius 2 is 1.96 bits per heavy atom. The number of halogens is 2. The zero-order chi connectivity index (χ0) is 19.6. The lowest BCUT2D eigenvalue weighted by Gasteiger charge is -2.16. The van der Waals surface area contributed by atoms with Gasteiger partial charge in [-0.25, -0.2) is 4.90 Å². The van der Waals surface area contributed by atoms with Crippen LogP contribution in [0.1, 0.15) is 12.0 Å². The quantitative estimate of drug-likeness (QED) is 0.398. The molecule has 0 aliphatic carbocycles. The average molecular weight is 467 g/mol. The number of amidine groups is 1. The van der Waals surface area contributed by atoms with Gasteiger partial charge in [-0.1, -0.05) is 45.4 Å². The summed E-state index contributed by atoms with van der Waals surface area (Å²) in [7, 11) is 1.64. The van der Waals surface area contributed by atoms with Gasteiger partial charge in [0.15, 0.2) is 5.17 Å². The largest absolute Gasteiger partial charge is 0.335 e. The van der Waals surface area contributed by atoms with E-state index in [1.54, 1.807) is 37.4 Å². The molecule has 8 heteroatoms. The number of aliphatic imine (C=N–C) groups is 1. The molecule has 2 aromatic rings. The number of carbonyl (C=O) groups excluding carboxylic acids is 2. The van der Waals surface area contributed by atoms with E-state index in [0.717, 1.165) is 15.7 Å². The van der Waals surface area contributed by atoms with Gasteiger partial charge in [-0.15, -0.1) is 0 Å². The molecule has 1 fully saturated rings. The summed E-state index contributed by atoms with van der Waals surface area (Å²) in [4.78, 5) is 30.6. The lowest BCUT2D eigenvalue weighted by Crippen LogP contribution is -2.31. The monoisotopic (exact) mass is 465 g/mol. The number of rotatable bonds is 3. The molecule has 1 saturated heterocycles. The summed E-state index contributed by atoms with van der Waals surface area (Å²) in [6, 6.07) is 12.7. The maximum atomic E-state index is 12.8. The number of imide groups is 1. The summed E-state index contributed by atoms with van der Waals surface area (Å²) >= 11 is 10.8. The third-order valence-corrected chi connectivity index (χ3v) is 6.17. The summed E-state index contributed by atoms with van der Waals surface area (Å²) < 4.78 is 0.887. The minimum absolute atomic E-state index is 0.134. The van der Waals surface area contributed by atoms with Crippen LogP contribution in [0.4, 0.5) is 11.4 Å². The Balaban J connectivity index is 1.72. The highest BCUT2D eigenvalue weighted by molar-refractivity contribution is 9.10.